The fourth-order valence-electron chi connectivity index (χ4n) is 0.589. The van der Waals surface area contributed by atoms with Gasteiger partial charge in [0.05, 0.1) is 11.8 Å². The molecule has 0 aromatic carbocycles. The molecule has 0 radical (unpaired) electrons. The van der Waals surface area contributed by atoms with Crippen molar-refractivity contribution in [2.45, 2.75) is 20.3 Å². The van der Waals surface area contributed by atoms with Crippen LogP contribution in [0, 0.1) is 5.41 Å². The third kappa shape index (κ3) is 2.85. The van der Waals surface area contributed by atoms with Crippen molar-refractivity contribution in [2.75, 3.05) is 0 Å². The van der Waals surface area contributed by atoms with Gasteiger partial charge in [-0.1, -0.05) is 0 Å². The van der Waals surface area contributed by atoms with Crippen LogP contribution in [0.5, 0.6) is 0 Å². The van der Waals surface area contributed by atoms with E-state index in [2.05, 4.69) is 9.78 Å². The first-order chi connectivity index (χ1) is 5.44. The van der Waals surface area contributed by atoms with E-state index in [1.807, 2.05) is 0 Å². The number of rotatable bonds is 3. The Morgan fingerprint density at radius 3 is 2.08 bits per heavy atom. The third-order valence-electron chi connectivity index (χ3n) is 1.32. The molecular formula is C6H10O6. The molecule has 0 aromatic rings. The summed E-state index contributed by atoms with van der Waals surface area (Å²) < 4.78 is 0. The lowest BCUT2D eigenvalue weighted by molar-refractivity contribution is -0.250. The van der Waals surface area contributed by atoms with Gasteiger partial charge in [-0.15, -0.1) is 0 Å². The topological polar surface area (TPSA) is 93.1 Å². The lowest BCUT2D eigenvalue weighted by Crippen LogP contribution is -2.29. The first-order valence-corrected chi connectivity index (χ1v) is 3.14. The Balaban J connectivity index is 4.21. The second-order valence-electron chi connectivity index (χ2n) is 2.90. The number of hydrogen-bond donors (Lipinski definition) is 2. The first-order valence-electron chi connectivity index (χ1n) is 3.14. The van der Waals surface area contributed by atoms with Crippen LogP contribution in [0.4, 0.5) is 0 Å². The summed E-state index contributed by atoms with van der Waals surface area (Å²) >= 11 is 0. The van der Waals surface area contributed by atoms with Crippen molar-refractivity contribution in [1.82, 2.24) is 0 Å². The van der Waals surface area contributed by atoms with Crippen molar-refractivity contribution in [2.24, 2.45) is 5.41 Å². The smallest absolute Gasteiger partial charge is 0.301 e. The van der Waals surface area contributed by atoms with E-state index in [0.29, 0.717) is 0 Å². The quantitative estimate of drug-likeness (QED) is 0.481. The van der Waals surface area contributed by atoms with E-state index in [-0.39, 0.29) is 6.42 Å². The molecule has 0 fully saturated rings. The van der Waals surface area contributed by atoms with Crippen molar-refractivity contribution in [3.8, 4) is 0 Å². The molecule has 0 aliphatic heterocycles. The van der Waals surface area contributed by atoms with Crippen molar-refractivity contribution >= 4 is 11.9 Å². The van der Waals surface area contributed by atoms with Gasteiger partial charge < -0.3 is 9.78 Å². The normalized spacial score (nSPS) is 10.7. The molecule has 70 valence electrons. The van der Waals surface area contributed by atoms with Gasteiger partial charge in [0.25, 0.3) is 0 Å². The summed E-state index contributed by atoms with van der Waals surface area (Å²) in [5.74, 6) is -1.93. The molecule has 0 bridgehead atoms. The summed E-state index contributed by atoms with van der Waals surface area (Å²) in [6, 6.07) is 0. The van der Waals surface area contributed by atoms with Crippen LogP contribution in [0.25, 0.3) is 0 Å². The average Bonchev–Trinajstić information content (AvgIpc) is 2.02. The molecule has 0 amide bonds. The number of hydrogen-bond acceptors (Lipinski definition) is 6. The highest BCUT2D eigenvalue weighted by Gasteiger charge is 2.33. The summed E-state index contributed by atoms with van der Waals surface area (Å²) in [7, 11) is 0. The summed E-state index contributed by atoms with van der Waals surface area (Å²) in [4.78, 5) is 28.0. The van der Waals surface area contributed by atoms with Crippen LogP contribution in [0.15, 0.2) is 0 Å². The van der Waals surface area contributed by atoms with Gasteiger partial charge in [-0.2, -0.15) is 10.5 Å². The van der Waals surface area contributed by atoms with Gasteiger partial charge in [-0.3, -0.25) is 0 Å². The van der Waals surface area contributed by atoms with E-state index in [9.17, 15) is 9.59 Å². The van der Waals surface area contributed by atoms with Crippen LogP contribution in [-0.2, 0) is 19.4 Å². The number of carbonyl (C=O) groups excluding carboxylic acids is 2. The highest BCUT2D eigenvalue weighted by atomic mass is 17.1. The number of carbonyl (C=O) groups is 2. The monoisotopic (exact) mass is 178 g/mol. The van der Waals surface area contributed by atoms with E-state index < -0.39 is 17.4 Å². The SMILES string of the molecule is CC(C)(CC(=O)OO)C(=O)OO. The molecule has 0 atom stereocenters. The molecule has 0 rings (SSSR count). The molecule has 0 aromatic heterocycles. The molecule has 0 heterocycles. The van der Waals surface area contributed by atoms with Gasteiger partial charge in [0.2, 0.25) is 0 Å². The van der Waals surface area contributed by atoms with Gasteiger partial charge in [0.1, 0.15) is 0 Å². The minimum atomic E-state index is -1.21. The summed E-state index contributed by atoms with van der Waals surface area (Å²) in [6.07, 6.45) is -0.372. The average molecular weight is 178 g/mol. The van der Waals surface area contributed by atoms with Crippen LogP contribution >= 0.6 is 0 Å². The van der Waals surface area contributed by atoms with Crippen LogP contribution in [0.3, 0.4) is 0 Å². The maximum Gasteiger partial charge on any atom is 0.348 e. The molecule has 0 unspecified atom stereocenters. The van der Waals surface area contributed by atoms with Crippen LogP contribution in [0.2, 0.25) is 0 Å². The molecule has 0 aliphatic rings. The van der Waals surface area contributed by atoms with E-state index in [1.54, 1.807) is 0 Å². The second kappa shape index (κ2) is 4.03. The molecule has 0 spiro atoms. The fourth-order valence-corrected chi connectivity index (χ4v) is 0.589. The summed E-state index contributed by atoms with van der Waals surface area (Å²) in [5.41, 5.74) is -1.21. The van der Waals surface area contributed by atoms with E-state index >= 15 is 0 Å². The maximum atomic E-state index is 10.7. The molecule has 12 heavy (non-hydrogen) atoms. The Morgan fingerprint density at radius 2 is 1.75 bits per heavy atom. The summed E-state index contributed by atoms with van der Waals surface area (Å²) in [6.45, 7) is 2.73. The minimum Gasteiger partial charge on any atom is -0.301 e. The molecule has 2 N–H and O–H groups in total. The lowest BCUT2D eigenvalue weighted by Gasteiger charge is -2.16. The molecular weight excluding hydrogens is 168 g/mol. The minimum absolute atomic E-state index is 0.372. The van der Waals surface area contributed by atoms with Crippen molar-refractivity contribution in [3.05, 3.63) is 0 Å². The zero-order valence-electron chi connectivity index (χ0n) is 6.73. The van der Waals surface area contributed by atoms with E-state index in [1.165, 1.54) is 13.8 Å². The zero-order valence-corrected chi connectivity index (χ0v) is 6.73. The molecule has 0 aliphatic carbocycles. The second-order valence-corrected chi connectivity index (χ2v) is 2.90. The predicted octanol–water partition coefficient (Wildman–Crippen LogP) is 0.435. The largest absolute Gasteiger partial charge is 0.348 e. The Labute approximate surface area is 68.6 Å². The van der Waals surface area contributed by atoms with Crippen molar-refractivity contribution < 1.29 is 29.9 Å². The lowest BCUT2D eigenvalue weighted by atomic mass is 9.90. The molecule has 0 saturated carbocycles. The van der Waals surface area contributed by atoms with Gasteiger partial charge in [0.15, 0.2) is 0 Å². The van der Waals surface area contributed by atoms with Crippen LogP contribution < -0.4 is 0 Å². The van der Waals surface area contributed by atoms with Crippen LogP contribution in [0.1, 0.15) is 20.3 Å². The predicted molar refractivity (Wildman–Crippen MR) is 35.8 cm³/mol. The van der Waals surface area contributed by atoms with Crippen molar-refractivity contribution in [3.63, 3.8) is 0 Å². The Bertz CT molecular complexity index is 184. The van der Waals surface area contributed by atoms with Crippen LogP contribution in [-0.4, -0.2) is 22.5 Å². The van der Waals surface area contributed by atoms with E-state index in [0.717, 1.165) is 0 Å². The highest BCUT2D eigenvalue weighted by Crippen LogP contribution is 2.22. The third-order valence-corrected chi connectivity index (χ3v) is 1.32. The first kappa shape index (κ1) is 10.9. The molecule has 6 nitrogen and oxygen atoms in total. The van der Waals surface area contributed by atoms with Gasteiger partial charge in [0, 0.05) is 0 Å². The Hall–Kier alpha value is -1.14. The zero-order chi connectivity index (χ0) is 9.78. The Kier molecular flexibility index (Phi) is 3.65. The van der Waals surface area contributed by atoms with Gasteiger partial charge >= 0.3 is 11.9 Å². The highest BCUT2D eigenvalue weighted by molar-refractivity contribution is 5.82. The van der Waals surface area contributed by atoms with Gasteiger partial charge in [-0.05, 0) is 13.8 Å². The maximum absolute atomic E-state index is 10.7. The van der Waals surface area contributed by atoms with Crippen molar-refractivity contribution in [1.29, 1.82) is 0 Å². The standard InChI is InChI=1S/C6H10O6/c1-6(2,5(8)12-10)3-4(7)11-9/h9-10H,3H2,1-2H3. The van der Waals surface area contributed by atoms with Gasteiger partial charge in [-0.25, -0.2) is 9.59 Å². The molecule has 0 saturated heterocycles. The summed E-state index contributed by atoms with van der Waals surface area (Å²) in [5, 5.41) is 15.9. The molecule has 6 heteroatoms. The Morgan fingerprint density at radius 1 is 1.25 bits per heavy atom. The fraction of sp³-hybridized carbons (Fsp3) is 0.667. The van der Waals surface area contributed by atoms with E-state index in [4.69, 9.17) is 10.5 Å².